The third-order valence-electron chi connectivity index (χ3n) is 3.82. The van der Waals surface area contributed by atoms with Gasteiger partial charge in [-0.25, -0.2) is 0 Å². The minimum atomic E-state index is 0. The molecule has 1 fully saturated rings. The first-order chi connectivity index (χ1) is 8.17. The van der Waals surface area contributed by atoms with Crippen LogP contribution < -0.4 is 0 Å². The van der Waals surface area contributed by atoms with Gasteiger partial charge in [0.25, 0.3) is 0 Å². The SMILES string of the molecule is CCN(CC)CCOC(=O)C1CCCC(C)C1.Cl. The molecule has 4 heteroatoms. The zero-order valence-corrected chi connectivity index (χ0v) is 12.8. The number of nitrogens with zero attached hydrogens (tertiary/aromatic N) is 1. The number of hydrogen-bond donors (Lipinski definition) is 0. The Morgan fingerprint density at radius 3 is 2.50 bits per heavy atom. The third kappa shape index (κ3) is 6.05. The molecule has 1 rings (SSSR count). The van der Waals surface area contributed by atoms with Crippen molar-refractivity contribution in [2.75, 3.05) is 26.2 Å². The summed E-state index contributed by atoms with van der Waals surface area (Å²) in [6.45, 7) is 9.95. The second kappa shape index (κ2) is 9.62. The number of likely N-dealkylation sites (N-methyl/N-ethyl adjacent to an activating group) is 1. The molecule has 0 aromatic carbocycles. The molecule has 0 aromatic rings. The number of carbonyl (C=O) groups is 1. The Kier molecular flexibility index (Phi) is 9.47. The number of ether oxygens (including phenoxy) is 1. The molecular formula is C14H28ClNO2. The third-order valence-corrected chi connectivity index (χ3v) is 3.82. The zero-order valence-electron chi connectivity index (χ0n) is 12.0. The van der Waals surface area contributed by atoms with Gasteiger partial charge in [-0.15, -0.1) is 12.4 Å². The zero-order chi connectivity index (χ0) is 12.7. The first kappa shape index (κ1) is 17.7. The summed E-state index contributed by atoms with van der Waals surface area (Å²) in [6, 6.07) is 0. The summed E-state index contributed by atoms with van der Waals surface area (Å²) in [6.07, 6.45) is 4.48. The summed E-state index contributed by atoms with van der Waals surface area (Å²) in [7, 11) is 0. The van der Waals surface area contributed by atoms with Crippen molar-refractivity contribution in [1.82, 2.24) is 4.90 Å². The molecule has 0 aromatic heterocycles. The number of esters is 1. The van der Waals surface area contributed by atoms with Gasteiger partial charge in [0.15, 0.2) is 0 Å². The lowest BCUT2D eigenvalue weighted by Crippen LogP contribution is -2.30. The summed E-state index contributed by atoms with van der Waals surface area (Å²) < 4.78 is 5.38. The second-order valence-corrected chi connectivity index (χ2v) is 5.16. The Morgan fingerprint density at radius 2 is 1.94 bits per heavy atom. The van der Waals surface area contributed by atoms with E-state index in [1.54, 1.807) is 0 Å². The van der Waals surface area contributed by atoms with Crippen LogP contribution in [0.3, 0.4) is 0 Å². The lowest BCUT2D eigenvalue weighted by atomic mass is 9.82. The van der Waals surface area contributed by atoms with Crippen molar-refractivity contribution in [2.24, 2.45) is 11.8 Å². The molecule has 0 spiro atoms. The average Bonchev–Trinajstić information content (AvgIpc) is 2.34. The maximum absolute atomic E-state index is 11.9. The lowest BCUT2D eigenvalue weighted by Gasteiger charge is -2.25. The van der Waals surface area contributed by atoms with E-state index in [9.17, 15) is 4.79 Å². The van der Waals surface area contributed by atoms with E-state index >= 15 is 0 Å². The molecule has 1 aliphatic rings. The highest BCUT2D eigenvalue weighted by molar-refractivity contribution is 5.85. The largest absolute Gasteiger partial charge is 0.464 e. The van der Waals surface area contributed by atoms with E-state index in [0.717, 1.165) is 32.5 Å². The van der Waals surface area contributed by atoms with Crippen molar-refractivity contribution in [2.45, 2.75) is 46.5 Å². The highest BCUT2D eigenvalue weighted by Crippen LogP contribution is 2.29. The Hall–Kier alpha value is -0.280. The van der Waals surface area contributed by atoms with Gasteiger partial charge in [-0.05, 0) is 31.8 Å². The van der Waals surface area contributed by atoms with Crippen LogP contribution >= 0.6 is 12.4 Å². The second-order valence-electron chi connectivity index (χ2n) is 5.16. The molecule has 18 heavy (non-hydrogen) atoms. The molecule has 0 N–H and O–H groups in total. The van der Waals surface area contributed by atoms with Crippen LogP contribution in [0.1, 0.15) is 46.5 Å². The molecule has 108 valence electrons. The Bertz CT molecular complexity index is 232. The van der Waals surface area contributed by atoms with Crippen LogP contribution in [0.4, 0.5) is 0 Å². The van der Waals surface area contributed by atoms with Gasteiger partial charge in [-0.1, -0.05) is 33.6 Å². The van der Waals surface area contributed by atoms with E-state index in [0.29, 0.717) is 12.5 Å². The Labute approximate surface area is 118 Å². The van der Waals surface area contributed by atoms with E-state index in [1.165, 1.54) is 12.8 Å². The van der Waals surface area contributed by atoms with Crippen molar-refractivity contribution < 1.29 is 9.53 Å². The minimum absolute atomic E-state index is 0. The fourth-order valence-corrected chi connectivity index (χ4v) is 2.58. The lowest BCUT2D eigenvalue weighted by molar-refractivity contribution is -0.150. The number of rotatable bonds is 6. The van der Waals surface area contributed by atoms with Gasteiger partial charge in [-0.2, -0.15) is 0 Å². The molecular weight excluding hydrogens is 250 g/mol. The van der Waals surface area contributed by atoms with Gasteiger partial charge in [-0.3, -0.25) is 4.79 Å². The highest BCUT2D eigenvalue weighted by atomic mass is 35.5. The summed E-state index contributed by atoms with van der Waals surface area (Å²) >= 11 is 0. The van der Waals surface area contributed by atoms with Crippen molar-refractivity contribution in [3.05, 3.63) is 0 Å². The molecule has 2 unspecified atom stereocenters. The molecule has 0 heterocycles. The molecule has 3 nitrogen and oxygen atoms in total. The molecule has 1 saturated carbocycles. The summed E-state index contributed by atoms with van der Waals surface area (Å²) in [5, 5.41) is 0. The normalized spacial score (nSPS) is 23.6. The van der Waals surface area contributed by atoms with E-state index in [-0.39, 0.29) is 24.3 Å². The summed E-state index contributed by atoms with van der Waals surface area (Å²) in [5.41, 5.74) is 0. The van der Waals surface area contributed by atoms with Crippen molar-refractivity contribution in [1.29, 1.82) is 0 Å². The van der Waals surface area contributed by atoms with E-state index < -0.39 is 0 Å². The summed E-state index contributed by atoms with van der Waals surface area (Å²) in [5.74, 6) is 0.878. The minimum Gasteiger partial charge on any atom is -0.464 e. The maximum Gasteiger partial charge on any atom is 0.308 e. The topological polar surface area (TPSA) is 29.5 Å². The maximum atomic E-state index is 11.9. The molecule has 1 aliphatic carbocycles. The predicted molar refractivity (Wildman–Crippen MR) is 77.1 cm³/mol. The molecule has 0 radical (unpaired) electrons. The fraction of sp³-hybridized carbons (Fsp3) is 0.929. The van der Waals surface area contributed by atoms with Gasteiger partial charge in [0.2, 0.25) is 0 Å². The van der Waals surface area contributed by atoms with E-state index in [2.05, 4.69) is 25.7 Å². The van der Waals surface area contributed by atoms with Gasteiger partial charge < -0.3 is 9.64 Å². The van der Waals surface area contributed by atoms with Crippen molar-refractivity contribution in [3.8, 4) is 0 Å². The van der Waals surface area contributed by atoms with Crippen LogP contribution in [-0.2, 0) is 9.53 Å². The molecule has 0 saturated heterocycles. The van der Waals surface area contributed by atoms with Gasteiger partial charge in [0.1, 0.15) is 6.61 Å². The molecule has 2 atom stereocenters. The first-order valence-electron chi connectivity index (χ1n) is 7.06. The van der Waals surface area contributed by atoms with Crippen molar-refractivity contribution in [3.63, 3.8) is 0 Å². The van der Waals surface area contributed by atoms with Gasteiger partial charge in [0.05, 0.1) is 5.92 Å². The average molecular weight is 278 g/mol. The fourth-order valence-electron chi connectivity index (χ4n) is 2.58. The first-order valence-corrected chi connectivity index (χ1v) is 7.06. The number of halogens is 1. The molecule has 0 amide bonds. The molecule has 0 bridgehead atoms. The van der Waals surface area contributed by atoms with Crippen LogP contribution in [0.5, 0.6) is 0 Å². The quantitative estimate of drug-likeness (QED) is 0.699. The van der Waals surface area contributed by atoms with Crippen LogP contribution in [-0.4, -0.2) is 37.1 Å². The smallest absolute Gasteiger partial charge is 0.308 e. The highest BCUT2D eigenvalue weighted by Gasteiger charge is 2.26. The standard InChI is InChI=1S/C14H27NO2.ClH/c1-4-15(5-2)9-10-17-14(16)13-8-6-7-12(3)11-13;/h12-13H,4-11H2,1-3H3;1H. The van der Waals surface area contributed by atoms with Gasteiger partial charge >= 0.3 is 5.97 Å². The van der Waals surface area contributed by atoms with Crippen LogP contribution in [0, 0.1) is 11.8 Å². The van der Waals surface area contributed by atoms with Crippen LogP contribution in [0.25, 0.3) is 0 Å². The molecule has 0 aliphatic heterocycles. The van der Waals surface area contributed by atoms with Crippen LogP contribution in [0.15, 0.2) is 0 Å². The monoisotopic (exact) mass is 277 g/mol. The Balaban J connectivity index is 0.00000289. The number of hydrogen-bond acceptors (Lipinski definition) is 3. The van der Waals surface area contributed by atoms with Gasteiger partial charge in [0, 0.05) is 6.54 Å². The Morgan fingerprint density at radius 1 is 1.28 bits per heavy atom. The van der Waals surface area contributed by atoms with E-state index in [4.69, 9.17) is 4.74 Å². The predicted octanol–water partition coefficient (Wildman–Crippen LogP) is 3.12. The summed E-state index contributed by atoms with van der Waals surface area (Å²) in [4.78, 5) is 14.1. The number of carbonyl (C=O) groups excluding carboxylic acids is 1. The van der Waals surface area contributed by atoms with E-state index in [1.807, 2.05) is 0 Å². The van der Waals surface area contributed by atoms with Crippen molar-refractivity contribution >= 4 is 18.4 Å². The van der Waals surface area contributed by atoms with Crippen LogP contribution in [0.2, 0.25) is 0 Å².